The molecule has 0 aromatic rings. The van der Waals surface area contributed by atoms with E-state index in [4.69, 9.17) is 0 Å². The van der Waals surface area contributed by atoms with Crippen molar-refractivity contribution in [1.29, 1.82) is 0 Å². The molecule has 0 amide bonds. The maximum Gasteiger partial charge on any atom is 0.0572 e. The van der Waals surface area contributed by atoms with Gasteiger partial charge in [-0.25, -0.2) is 0 Å². The molecule has 2 N–H and O–H groups in total. The highest BCUT2D eigenvalue weighted by Gasteiger charge is 2.10. The Hall–Kier alpha value is 0.270. The van der Waals surface area contributed by atoms with Gasteiger partial charge in [0.2, 0.25) is 0 Å². The van der Waals surface area contributed by atoms with Crippen LogP contribution in [0.25, 0.3) is 0 Å². The van der Waals surface area contributed by atoms with Crippen molar-refractivity contribution < 1.29 is 0 Å². The van der Waals surface area contributed by atoms with Crippen LogP contribution >= 0.6 is 12.6 Å². The third-order valence-corrected chi connectivity index (χ3v) is 1.87. The molecule has 1 saturated heterocycles. The molecule has 3 heteroatoms. The maximum absolute atomic E-state index is 4.14. The standard InChI is InChI=1S/C6H14N2S/c9-5-1-2-6-7-3-4-8-6/h6-9H,1-5H2. The molecule has 0 aromatic heterocycles. The number of hydrogen-bond donors (Lipinski definition) is 3. The summed E-state index contributed by atoms with van der Waals surface area (Å²) in [7, 11) is 0. The molecule has 0 radical (unpaired) electrons. The Morgan fingerprint density at radius 1 is 1.33 bits per heavy atom. The van der Waals surface area contributed by atoms with Crippen molar-refractivity contribution in [2.24, 2.45) is 0 Å². The fourth-order valence-electron chi connectivity index (χ4n) is 1.06. The zero-order valence-electron chi connectivity index (χ0n) is 5.56. The Bertz CT molecular complexity index is 71.5. The predicted molar refractivity (Wildman–Crippen MR) is 42.9 cm³/mol. The molecule has 2 nitrogen and oxygen atoms in total. The van der Waals surface area contributed by atoms with Crippen molar-refractivity contribution in [1.82, 2.24) is 10.6 Å². The Morgan fingerprint density at radius 2 is 2.00 bits per heavy atom. The molecule has 1 fully saturated rings. The lowest BCUT2D eigenvalue weighted by Crippen LogP contribution is -2.30. The summed E-state index contributed by atoms with van der Waals surface area (Å²) in [6.45, 7) is 2.24. The molecule has 0 spiro atoms. The first-order chi connectivity index (χ1) is 4.43. The van der Waals surface area contributed by atoms with E-state index in [2.05, 4.69) is 23.3 Å². The molecule has 0 aliphatic carbocycles. The average Bonchev–Trinajstić information content (AvgIpc) is 2.34. The molecule has 9 heavy (non-hydrogen) atoms. The summed E-state index contributed by atoms with van der Waals surface area (Å²) >= 11 is 4.14. The van der Waals surface area contributed by atoms with E-state index in [1.54, 1.807) is 0 Å². The quantitative estimate of drug-likeness (QED) is 0.496. The van der Waals surface area contributed by atoms with Crippen LogP contribution in [0.2, 0.25) is 0 Å². The maximum atomic E-state index is 4.14. The van der Waals surface area contributed by atoms with Crippen molar-refractivity contribution in [3.05, 3.63) is 0 Å². The highest BCUT2D eigenvalue weighted by atomic mass is 32.1. The van der Waals surface area contributed by atoms with Gasteiger partial charge in [0, 0.05) is 13.1 Å². The summed E-state index contributed by atoms with van der Waals surface area (Å²) in [6.07, 6.45) is 2.98. The molecule has 1 aliphatic rings. The molecular formula is C6H14N2S. The smallest absolute Gasteiger partial charge is 0.0572 e. The third kappa shape index (κ3) is 2.56. The van der Waals surface area contributed by atoms with Crippen LogP contribution in [-0.2, 0) is 0 Å². The van der Waals surface area contributed by atoms with Gasteiger partial charge < -0.3 is 10.6 Å². The molecule has 0 saturated carbocycles. The largest absolute Gasteiger partial charge is 0.301 e. The predicted octanol–water partition coefficient (Wildman–Crippen LogP) is 0.215. The third-order valence-electron chi connectivity index (χ3n) is 1.56. The lowest BCUT2D eigenvalue weighted by molar-refractivity contribution is 0.509. The highest BCUT2D eigenvalue weighted by Crippen LogP contribution is 1.97. The van der Waals surface area contributed by atoms with Gasteiger partial charge in [-0.05, 0) is 18.6 Å². The molecule has 1 rings (SSSR count). The van der Waals surface area contributed by atoms with Gasteiger partial charge in [-0.15, -0.1) is 0 Å². The number of nitrogens with one attached hydrogen (secondary N) is 2. The minimum absolute atomic E-state index is 0.567. The zero-order valence-corrected chi connectivity index (χ0v) is 6.45. The Balaban J connectivity index is 1.98. The lowest BCUT2D eigenvalue weighted by atomic mass is 10.3. The van der Waals surface area contributed by atoms with Gasteiger partial charge >= 0.3 is 0 Å². The second kappa shape index (κ2) is 4.14. The molecule has 0 unspecified atom stereocenters. The van der Waals surface area contributed by atoms with Gasteiger partial charge in [0.05, 0.1) is 6.17 Å². The van der Waals surface area contributed by atoms with Crippen LogP contribution in [0.15, 0.2) is 0 Å². The van der Waals surface area contributed by atoms with E-state index in [0.29, 0.717) is 6.17 Å². The number of rotatable bonds is 3. The van der Waals surface area contributed by atoms with E-state index >= 15 is 0 Å². The van der Waals surface area contributed by atoms with Gasteiger partial charge in [-0.1, -0.05) is 0 Å². The summed E-state index contributed by atoms with van der Waals surface area (Å²) in [5.41, 5.74) is 0. The van der Waals surface area contributed by atoms with Crippen molar-refractivity contribution in [2.45, 2.75) is 19.0 Å². The second-order valence-corrected chi connectivity index (χ2v) is 2.77. The molecule has 0 bridgehead atoms. The van der Waals surface area contributed by atoms with E-state index in [9.17, 15) is 0 Å². The zero-order chi connectivity index (χ0) is 6.53. The van der Waals surface area contributed by atoms with E-state index in [1.807, 2.05) is 0 Å². The van der Waals surface area contributed by atoms with Crippen LogP contribution in [0.5, 0.6) is 0 Å². The fraction of sp³-hybridized carbons (Fsp3) is 1.00. The molecule has 0 aromatic carbocycles. The highest BCUT2D eigenvalue weighted by molar-refractivity contribution is 7.80. The Morgan fingerprint density at radius 3 is 2.56 bits per heavy atom. The van der Waals surface area contributed by atoms with Crippen molar-refractivity contribution in [3.8, 4) is 0 Å². The molecule has 1 aliphatic heterocycles. The first kappa shape index (κ1) is 7.38. The fourth-order valence-corrected chi connectivity index (χ4v) is 1.25. The van der Waals surface area contributed by atoms with E-state index in [0.717, 1.165) is 18.8 Å². The SMILES string of the molecule is SCCCC1NCCN1. The van der Waals surface area contributed by atoms with Crippen LogP contribution in [0.1, 0.15) is 12.8 Å². The topological polar surface area (TPSA) is 24.1 Å². The second-order valence-electron chi connectivity index (χ2n) is 2.33. The average molecular weight is 146 g/mol. The van der Waals surface area contributed by atoms with Crippen molar-refractivity contribution in [2.75, 3.05) is 18.8 Å². The summed E-state index contributed by atoms with van der Waals surface area (Å²) in [6, 6.07) is 0. The summed E-state index contributed by atoms with van der Waals surface area (Å²) < 4.78 is 0. The number of thiol groups is 1. The first-order valence-electron chi connectivity index (χ1n) is 3.51. The van der Waals surface area contributed by atoms with Crippen LogP contribution in [0.4, 0.5) is 0 Å². The molecule has 54 valence electrons. The summed E-state index contributed by atoms with van der Waals surface area (Å²) in [5, 5.41) is 6.69. The minimum Gasteiger partial charge on any atom is -0.301 e. The van der Waals surface area contributed by atoms with Crippen LogP contribution in [0.3, 0.4) is 0 Å². The van der Waals surface area contributed by atoms with Gasteiger partial charge in [-0.3, -0.25) is 0 Å². The molecule has 0 atom stereocenters. The van der Waals surface area contributed by atoms with Crippen molar-refractivity contribution in [3.63, 3.8) is 0 Å². The number of hydrogen-bond acceptors (Lipinski definition) is 3. The summed E-state index contributed by atoms with van der Waals surface area (Å²) in [5.74, 6) is 1.000. The van der Waals surface area contributed by atoms with Gasteiger partial charge in [0.1, 0.15) is 0 Å². The van der Waals surface area contributed by atoms with E-state index in [-0.39, 0.29) is 0 Å². The lowest BCUT2D eigenvalue weighted by Gasteiger charge is -2.07. The van der Waals surface area contributed by atoms with Crippen molar-refractivity contribution >= 4 is 12.6 Å². The summed E-state index contributed by atoms with van der Waals surface area (Å²) in [4.78, 5) is 0. The van der Waals surface area contributed by atoms with Gasteiger partial charge in [0.15, 0.2) is 0 Å². The van der Waals surface area contributed by atoms with Crippen LogP contribution < -0.4 is 10.6 Å². The van der Waals surface area contributed by atoms with E-state index < -0.39 is 0 Å². The van der Waals surface area contributed by atoms with Crippen LogP contribution in [0, 0.1) is 0 Å². The van der Waals surface area contributed by atoms with Crippen LogP contribution in [-0.4, -0.2) is 25.0 Å². The molecular weight excluding hydrogens is 132 g/mol. The van der Waals surface area contributed by atoms with Gasteiger partial charge in [-0.2, -0.15) is 12.6 Å². The first-order valence-corrected chi connectivity index (χ1v) is 4.14. The Labute approximate surface area is 61.8 Å². The minimum atomic E-state index is 0.567. The van der Waals surface area contributed by atoms with E-state index in [1.165, 1.54) is 12.8 Å². The van der Waals surface area contributed by atoms with Gasteiger partial charge in [0.25, 0.3) is 0 Å². The molecule has 1 heterocycles. The monoisotopic (exact) mass is 146 g/mol. The Kier molecular flexibility index (Phi) is 3.40. The normalized spacial score (nSPS) is 21.0.